The molecule has 5 rings (SSSR count). The maximum Gasteiger partial charge on any atom is 0.229 e. The van der Waals surface area contributed by atoms with E-state index < -0.39 is 18.3 Å². The minimum Gasteiger partial charge on any atom is -0.371 e. The van der Waals surface area contributed by atoms with Crippen molar-refractivity contribution < 1.29 is 13.9 Å². The zero-order valence-electron chi connectivity index (χ0n) is 16.6. The normalized spacial score (nSPS) is 45.9. The largest absolute Gasteiger partial charge is 0.371 e. The summed E-state index contributed by atoms with van der Waals surface area (Å²) in [5.41, 5.74) is 9.21. The standard InChI is InChI=1S/C18H33FN8O2/c19-10-6-23-17-15(16(20)25-27(17)8-10)18(28)24-12-7-21-2-1-13(12)29-11-5-14-22-3-4-26(14)9-11/h10-17,21-23,25H,1-9,20H2,(H,24,28)/t10?,11-,12?,13?,14?,15?,16?,17?/m0/s1. The van der Waals surface area contributed by atoms with Crippen molar-refractivity contribution in [2.24, 2.45) is 11.7 Å². The number of hydrazine groups is 1. The van der Waals surface area contributed by atoms with Crippen LogP contribution in [0.5, 0.6) is 0 Å². The number of halogens is 1. The van der Waals surface area contributed by atoms with E-state index in [0.29, 0.717) is 12.7 Å². The Hall–Kier alpha value is -0.920. The van der Waals surface area contributed by atoms with E-state index in [4.69, 9.17) is 10.5 Å². The lowest BCUT2D eigenvalue weighted by Crippen LogP contribution is -2.61. The Bertz CT molecular complexity index is 602. The molecule has 0 bridgehead atoms. The molecular weight excluding hydrogens is 379 g/mol. The van der Waals surface area contributed by atoms with E-state index in [1.165, 1.54) is 0 Å². The lowest BCUT2D eigenvalue weighted by molar-refractivity contribution is -0.130. The highest BCUT2D eigenvalue weighted by molar-refractivity contribution is 5.80. The number of fused-ring (bicyclic) bond motifs is 2. The summed E-state index contributed by atoms with van der Waals surface area (Å²) < 4.78 is 20.1. The fourth-order valence-corrected chi connectivity index (χ4v) is 5.44. The summed E-state index contributed by atoms with van der Waals surface area (Å²) in [6, 6.07) is -0.0987. The molecule has 5 aliphatic rings. The van der Waals surface area contributed by atoms with Gasteiger partial charge in [0.1, 0.15) is 6.17 Å². The quantitative estimate of drug-likeness (QED) is 0.284. The second-order valence-corrected chi connectivity index (χ2v) is 8.89. The lowest BCUT2D eigenvalue weighted by Gasteiger charge is -2.37. The SMILES string of the molecule is NC1NN2CC(F)CNC2C1C(=O)NC1CNCCC1O[C@H]1CC2NCCN2C1. The number of carbonyl (C=O) groups is 1. The third kappa shape index (κ3) is 4.02. The molecule has 0 aromatic carbocycles. The molecule has 0 aromatic rings. The van der Waals surface area contributed by atoms with Gasteiger partial charge in [-0.15, -0.1) is 0 Å². The van der Waals surface area contributed by atoms with Crippen LogP contribution in [-0.2, 0) is 9.53 Å². The second kappa shape index (κ2) is 8.31. The van der Waals surface area contributed by atoms with Gasteiger partial charge >= 0.3 is 0 Å². The van der Waals surface area contributed by atoms with Crippen LogP contribution in [0, 0.1) is 5.92 Å². The molecule has 8 atom stereocenters. The maximum absolute atomic E-state index is 13.7. The first-order chi connectivity index (χ1) is 14.1. The van der Waals surface area contributed by atoms with Crippen LogP contribution in [0.15, 0.2) is 0 Å². The van der Waals surface area contributed by atoms with Crippen molar-refractivity contribution in [1.29, 1.82) is 0 Å². The van der Waals surface area contributed by atoms with E-state index in [1.54, 1.807) is 5.01 Å². The van der Waals surface area contributed by atoms with Crippen LogP contribution in [0.3, 0.4) is 0 Å². The van der Waals surface area contributed by atoms with Crippen molar-refractivity contribution in [3.05, 3.63) is 0 Å². The van der Waals surface area contributed by atoms with Crippen molar-refractivity contribution in [3.8, 4) is 0 Å². The second-order valence-electron chi connectivity index (χ2n) is 8.89. The Labute approximate surface area is 170 Å². The van der Waals surface area contributed by atoms with Gasteiger partial charge in [-0.2, -0.15) is 0 Å². The maximum atomic E-state index is 13.7. The summed E-state index contributed by atoms with van der Waals surface area (Å²) in [6.45, 7) is 5.12. The summed E-state index contributed by atoms with van der Waals surface area (Å²) in [6.07, 6.45) is 0.676. The zero-order valence-corrected chi connectivity index (χ0v) is 16.6. The van der Waals surface area contributed by atoms with E-state index in [0.717, 1.165) is 39.0 Å². The zero-order chi connectivity index (χ0) is 20.0. The summed E-state index contributed by atoms with van der Waals surface area (Å²) in [4.78, 5) is 15.5. The van der Waals surface area contributed by atoms with Crippen LogP contribution < -0.4 is 32.4 Å². The first-order valence-corrected chi connectivity index (χ1v) is 10.9. The summed E-state index contributed by atoms with van der Waals surface area (Å²) in [5.74, 6) is -0.593. The molecule has 0 aromatic heterocycles. The Morgan fingerprint density at radius 2 is 2.10 bits per heavy atom. The van der Waals surface area contributed by atoms with E-state index in [9.17, 15) is 9.18 Å². The molecule has 5 saturated heterocycles. The molecule has 5 aliphatic heterocycles. The molecule has 7 unspecified atom stereocenters. The molecule has 7 N–H and O–H groups in total. The molecule has 29 heavy (non-hydrogen) atoms. The van der Waals surface area contributed by atoms with Crippen molar-refractivity contribution in [1.82, 2.24) is 36.6 Å². The number of carbonyl (C=O) groups excluding carboxylic acids is 1. The van der Waals surface area contributed by atoms with Crippen molar-refractivity contribution in [3.63, 3.8) is 0 Å². The average Bonchev–Trinajstić information content (AvgIpc) is 3.35. The molecule has 164 valence electrons. The average molecular weight is 413 g/mol. The van der Waals surface area contributed by atoms with Crippen molar-refractivity contribution >= 4 is 5.91 Å². The van der Waals surface area contributed by atoms with Crippen LogP contribution >= 0.6 is 0 Å². The van der Waals surface area contributed by atoms with Crippen LogP contribution in [0.2, 0.25) is 0 Å². The molecule has 0 saturated carbocycles. The molecule has 5 heterocycles. The molecule has 0 spiro atoms. The van der Waals surface area contributed by atoms with Crippen LogP contribution in [0.25, 0.3) is 0 Å². The van der Waals surface area contributed by atoms with Crippen molar-refractivity contribution in [2.75, 3.05) is 45.8 Å². The first-order valence-electron chi connectivity index (χ1n) is 10.9. The molecular formula is C18H33FN8O2. The summed E-state index contributed by atoms with van der Waals surface area (Å²) >= 11 is 0. The topological polar surface area (TPSA) is 119 Å². The third-order valence-electron chi connectivity index (χ3n) is 6.88. The smallest absolute Gasteiger partial charge is 0.229 e. The number of nitrogens with two attached hydrogens (primary N) is 1. The fraction of sp³-hybridized carbons (Fsp3) is 0.944. The number of amides is 1. The van der Waals surface area contributed by atoms with Gasteiger partial charge in [0.15, 0.2) is 0 Å². The van der Waals surface area contributed by atoms with Gasteiger partial charge < -0.3 is 26.4 Å². The monoisotopic (exact) mass is 412 g/mol. The fourth-order valence-electron chi connectivity index (χ4n) is 5.44. The summed E-state index contributed by atoms with van der Waals surface area (Å²) in [5, 5.41) is 14.9. The number of ether oxygens (including phenoxy) is 1. The molecule has 0 radical (unpaired) electrons. The molecule has 0 aliphatic carbocycles. The van der Waals surface area contributed by atoms with E-state index in [1.807, 2.05) is 0 Å². The number of alkyl halides is 1. The number of nitrogens with one attached hydrogen (secondary N) is 5. The third-order valence-corrected chi connectivity index (χ3v) is 6.88. The van der Waals surface area contributed by atoms with Crippen molar-refractivity contribution in [2.45, 2.75) is 55.8 Å². The van der Waals surface area contributed by atoms with Gasteiger partial charge in [-0.25, -0.2) is 14.8 Å². The number of rotatable bonds is 4. The molecule has 1 amide bonds. The van der Waals surface area contributed by atoms with Crippen LogP contribution in [0.1, 0.15) is 12.8 Å². The van der Waals surface area contributed by atoms with Gasteiger partial charge in [-0.1, -0.05) is 0 Å². The van der Waals surface area contributed by atoms with E-state index in [2.05, 4.69) is 31.6 Å². The van der Waals surface area contributed by atoms with E-state index in [-0.39, 0.29) is 43.4 Å². The highest BCUT2D eigenvalue weighted by Crippen LogP contribution is 2.25. The predicted molar refractivity (Wildman–Crippen MR) is 104 cm³/mol. The van der Waals surface area contributed by atoms with Gasteiger partial charge in [-0.05, 0) is 13.0 Å². The highest BCUT2D eigenvalue weighted by atomic mass is 19.1. The highest BCUT2D eigenvalue weighted by Gasteiger charge is 2.48. The number of nitrogens with zero attached hydrogens (tertiary/aromatic N) is 2. The number of hydrogen-bond acceptors (Lipinski definition) is 9. The Balaban J connectivity index is 1.19. The minimum atomic E-state index is -0.968. The van der Waals surface area contributed by atoms with Gasteiger partial charge in [0.2, 0.25) is 5.91 Å². The predicted octanol–water partition coefficient (Wildman–Crippen LogP) is -3.16. The van der Waals surface area contributed by atoms with Crippen LogP contribution in [0.4, 0.5) is 4.39 Å². The first kappa shape index (κ1) is 20.0. The Morgan fingerprint density at radius 1 is 1.21 bits per heavy atom. The number of piperidine rings is 1. The molecule has 5 fully saturated rings. The van der Waals surface area contributed by atoms with Gasteiger partial charge in [0.25, 0.3) is 0 Å². The Morgan fingerprint density at radius 3 is 2.97 bits per heavy atom. The van der Waals surface area contributed by atoms with Crippen LogP contribution in [-0.4, -0.2) is 105 Å². The Kier molecular flexibility index (Phi) is 5.73. The van der Waals surface area contributed by atoms with Gasteiger partial charge in [-0.3, -0.25) is 15.0 Å². The minimum absolute atomic E-state index is 0.0125. The van der Waals surface area contributed by atoms with Gasteiger partial charge in [0.05, 0.1) is 42.7 Å². The molecule has 10 nitrogen and oxygen atoms in total. The number of hydrogen-bond donors (Lipinski definition) is 6. The van der Waals surface area contributed by atoms with Gasteiger partial charge in [0, 0.05) is 45.7 Å². The molecule has 11 heteroatoms. The van der Waals surface area contributed by atoms with E-state index >= 15 is 0 Å². The lowest BCUT2D eigenvalue weighted by atomic mass is 9.98. The summed E-state index contributed by atoms with van der Waals surface area (Å²) in [7, 11) is 0.